The van der Waals surface area contributed by atoms with Gasteiger partial charge in [-0.3, -0.25) is 14.5 Å². The molecule has 1 unspecified atom stereocenters. The maximum atomic E-state index is 13.0. The van der Waals surface area contributed by atoms with Crippen LogP contribution in [-0.2, 0) is 27.5 Å². The van der Waals surface area contributed by atoms with Gasteiger partial charge >= 0.3 is 5.97 Å². The van der Waals surface area contributed by atoms with Crippen molar-refractivity contribution in [3.63, 3.8) is 0 Å². The van der Waals surface area contributed by atoms with Crippen LogP contribution in [0.3, 0.4) is 0 Å². The molecular weight excluding hydrogens is 380 g/mol. The number of amides is 1. The van der Waals surface area contributed by atoms with Gasteiger partial charge in [-0.1, -0.05) is 42.5 Å². The lowest BCUT2D eigenvalue weighted by Crippen LogP contribution is -2.42. The van der Waals surface area contributed by atoms with Crippen molar-refractivity contribution in [3.05, 3.63) is 65.7 Å². The Kier molecular flexibility index (Phi) is 7.46. The molecule has 1 heterocycles. The molecule has 0 saturated carbocycles. The molecule has 6 heteroatoms. The van der Waals surface area contributed by atoms with Crippen LogP contribution in [0, 0.1) is 0 Å². The zero-order valence-electron chi connectivity index (χ0n) is 17.9. The summed E-state index contributed by atoms with van der Waals surface area (Å²) in [7, 11) is 1.63. The molecule has 1 fully saturated rings. The van der Waals surface area contributed by atoms with Gasteiger partial charge in [0, 0.05) is 25.7 Å². The lowest BCUT2D eigenvalue weighted by Gasteiger charge is -2.27. The van der Waals surface area contributed by atoms with Crippen molar-refractivity contribution < 1.29 is 19.1 Å². The van der Waals surface area contributed by atoms with Crippen LogP contribution in [0.1, 0.15) is 31.4 Å². The normalized spacial score (nSPS) is 17.7. The number of esters is 1. The van der Waals surface area contributed by atoms with E-state index in [0.717, 1.165) is 16.9 Å². The Labute approximate surface area is 178 Å². The Balaban J connectivity index is 1.76. The molecule has 0 aromatic heterocycles. The molecule has 0 radical (unpaired) electrons. The fourth-order valence-electron chi connectivity index (χ4n) is 3.69. The fourth-order valence-corrected chi connectivity index (χ4v) is 3.69. The third-order valence-corrected chi connectivity index (χ3v) is 5.42. The average molecular weight is 411 g/mol. The highest BCUT2D eigenvalue weighted by atomic mass is 16.5. The molecule has 0 bridgehead atoms. The van der Waals surface area contributed by atoms with Crippen LogP contribution < -0.4 is 4.74 Å². The minimum absolute atomic E-state index is 0.0103. The number of methoxy groups -OCH3 is 1. The van der Waals surface area contributed by atoms with Crippen LogP contribution in [0.15, 0.2) is 54.6 Å². The predicted octanol–water partition coefficient (Wildman–Crippen LogP) is 3.25. The second-order valence-electron chi connectivity index (χ2n) is 7.81. The molecule has 0 N–H and O–H groups in total. The van der Waals surface area contributed by atoms with E-state index in [4.69, 9.17) is 9.47 Å². The van der Waals surface area contributed by atoms with Crippen molar-refractivity contribution in [2.45, 2.75) is 45.5 Å². The monoisotopic (exact) mass is 410 g/mol. The maximum absolute atomic E-state index is 13.0. The molecule has 2 aromatic rings. The quantitative estimate of drug-likeness (QED) is 0.656. The highest BCUT2D eigenvalue weighted by Gasteiger charge is 2.35. The first kappa shape index (κ1) is 21.8. The predicted molar refractivity (Wildman–Crippen MR) is 115 cm³/mol. The van der Waals surface area contributed by atoms with E-state index >= 15 is 0 Å². The van der Waals surface area contributed by atoms with Gasteiger partial charge < -0.3 is 14.4 Å². The number of rotatable bonds is 7. The van der Waals surface area contributed by atoms with Crippen LogP contribution in [0.5, 0.6) is 5.75 Å². The summed E-state index contributed by atoms with van der Waals surface area (Å²) >= 11 is 0. The van der Waals surface area contributed by atoms with E-state index in [1.165, 1.54) is 0 Å². The minimum atomic E-state index is -0.605. The number of carbonyl (C=O) groups is 2. The van der Waals surface area contributed by atoms with Crippen LogP contribution >= 0.6 is 0 Å². The lowest BCUT2D eigenvalue weighted by atomic mass is 10.1. The number of nitrogens with zero attached hydrogens (tertiary/aromatic N) is 2. The zero-order chi connectivity index (χ0) is 21.5. The van der Waals surface area contributed by atoms with Crippen LogP contribution in [0.25, 0.3) is 0 Å². The molecule has 160 valence electrons. The molecular formula is C24H30N2O4. The molecule has 1 atom stereocenters. The largest absolute Gasteiger partial charge is 0.497 e. The highest BCUT2D eigenvalue weighted by Crippen LogP contribution is 2.20. The van der Waals surface area contributed by atoms with Crippen LogP contribution in [0.4, 0.5) is 0 Å². The van der Waals surface area contributed by atoms with Crippen molar-refractivity contribution >= 4 is 11.9 Å². The smallest absolute Gasteiger partial charge is 0.324 e. The topological polar surface area (TPSA) is 59.1 Å². The Hall–Kier alpha value is -2.86. The molecule has 0 aliphatic carbocycles. The van der Waals surface area contributed by atoms with Gasteiger partial charge in [0.15, 0.2) is 0 Å². The lowest BCUT2D eigenvalue weighted by molar-refractivity contribution is -0.153. The van der Waals surface area contributed by atoms with E-state index in [2.05, 4.69) is 4.90 Å². The molecule has 0 spiro atoms. The number of ether oxygens (including phenoxy) is 2. The Morgan fingerprint density at radius 3 is 2.37 bits per heavy atom. The number of benzene rings is 2. The first-order valence-corrected chi connectivity index (χ1v) is 10.3. The second kappa shape index (κ2) is 10.3. The van der Waals surface area contributed by atoms with Crippen molar-refractivity contribution in [1.82, 2.24) is 9.80 Å². The van der Waals surface area contributed by atoms with Crippen molar-refractivity contribution in [2.24, 2.45) is 0 Å². The van der Waals surface area contributed by atoms with Crippen molar-refractivity contribution in [3.8, 4) is 5.75 Å². The van der Waals surface area contributed by atoms with Crippen molar-refractivity contribution in [2.75, 3.05) is 20.2 Å². The van der Waals surface area contributed by atoms with Gasteiger partial charge in [0.05, 0.1) is 13.5 Å². The zero-order valence-corrected chi connectivity index (χ0v) is 17.9. The summed E-state index contributed by atoms with van der Waals surface area (Å²) in [5.41, 5.74) is 1.98. The molecule has 1 aliphatic heterocycles. The third kappa shape index (κ3) is 5.60. The third-order valence-electron chi connectivity index (χ3n) is 5.42. The van der Waals surface area contributed by atoms with E-state index in [1.807, 2.05) is 73.3 Å². The number of hydrogen-bond acceptors (Lipinski definition) is 5. The van der Waals surface area contributed by atoms with Gasteiger partial charge in [-0.2, -0.15) is 0 Å². The van der Waals surface area contributed by atoms with Gasteiger partial charge in [-0.25, -0.2) is 0 Å². The average Bonchev–Trinajstić information content (AvgIpc) is 2.92. The maximum Gasteiger partial charge on any atom is 0.324 e. The van der Waals surface area contributed by atoms with Crippen LogP contribution in [-0.4, -0.2) is 54.0 Å². The molecule has 1 amide bonds. The Morgan fingerprint density at radius 1 is 1.03 bits per heavy atom. The molecule has 2 aromatic carbocycles. The highest BCUT2D eigenvalue weighted by molar-refractivity contribution is 5.86. The van der Waals surface area contributed by atoms with Gasteiger partial charge in [-0.15, -0.1) is 0 Å². The van der Waals surface area contributed by atoms with Crippen molar-refractivity contribution in [1.29, 1.82) is 0 Å². The summed E-state index contributed by atoms with van der Waals surface area (Å²) in [6.07, 6.45) is 0.127. The molecule has 1 aliphatic rings. The summed E-state index contributed by atoms with van der Waals surface area (Å²) < 4.78 is 10.8. The van der Waals surface area contributed by atoms with E-state index in [1.54, 1.807) is 7.11 Å². The van der Waals surface area contributed by atoms with E-state index in [9.17, 15) is 9.59 Å². The van der Waals surface area contributed by atoms with E-state index in [-0.39, 0.29) is 30.9 Å². The molecule has 3 rings (SSSR count). The van der Waals surface area contributed by atoms with Gasteiger partial charge in [0.2, 0.25) is 5.91 Å². The molecule has 1 saturated heterocycles. The summed E-state index contributed by atoms with van der Waals surface area (Å²) in [5.74, 6) is 0.421. The minimum Gasteiger partial charge on any atom is -0.497 e. The number of carbonyl (C=O) groups excluding carboxylic acids is 2. The van der Waals surface area contributed by atoms with Gasteiger partial charge in [-0.05, 0) is 37.1 Å². The molecule has 30 heavy (non-hydrogen) atoms. The summed E-state index contributed by atoms with van der Waals surface area (Å²) in [4.78, 5) is 29.7. The SMILES string of the molecule is COc1ccc(CN2CCN(C(C)C)C(=O)CC2C(=O)OCc2ccccc2)cc1. The summed E-state index contributed by atoms with van der Waals surface area (Å²) in [6.45, 7) is 5.97. The fraction of sp³-hybridized carbons (Fsp3) is 0.417. The van der Waals surface area contributed by atoms with Crippen LogP contribution in [0.2, 0.25) is 0 Å². The van der Waals surface area contributed by atoms with E-state index < -0.39 is 6.04 Å². The summed E-state index contributed by atoms with van der Waals surface area (Å²) in [5, 5.41) is 0. The Bertz CT molecular complexity index is 836. The van der Waals surface area contributed by atoms with Gasteiger partial charge in [0.1, 0.15) is 18.4 Å². The van der Waals surface area contributed by atoms with Gasteiger partial charge in [0.25, 0.3) is 0 Å². The Morgan fingerprint density at radius 2 is 1.73 bits per heavy atom. The summed E-state index contributed by atoms with van der Waals surface area (Å²) in [6, 6.07) is 16.9. The first-order chi connectivity index (χ1) is 14.5. The number of hydrogen-bond donors (Lipinski definition) is 0. The van der Waals surface area contributed by atoms with E-state index in [0.29, 0.717) is 19.6 Å². The first-order valence-electron chi connectivity index (χ1n) is 10.3. The standard InChI is InChI=1S/C24H30N2O4/c1-18(2)26-14-13-25(16-19-9-11-21(29-3)12-10-19)22(15-23(26)27)24(28)30-17-20-7-5-4-6-8-20/h4-12,18,22H,13-17H2,1-3H3. The molecule has 6 nitrogen and oxygen atoms in total. The second-order valence-corrected chi connectivity index (χ2v) is 7.81.